The smallest absolute Gasteiger partial charge is 0.253 e. The van der Waals surface area contributed by atoms with Crippen LogP contribution in [0.1, 0.15) is 11.1 Å². The van der Waals surface area contributed by atoms with E-state index in [1.54, 1.807) is 29.5 Å². The van der Waals surface area contributed by atoms with Crippen molar-refractivity contribution in [3.05, 3.63) is 53.6 Å². The van der Waals surface area contributed by atoms with Crippen LogP contribution in [-0.4, -0.2) is 55.5 Å². The van der Waals surface area contributed by atoms with Crippen LogP contribution in [0.3, 0.4) is 0 Å². The summed E-state index contributed by atoms with van der Waals surface area (Å²) in [4.78, 5) is 11.2. The number of fused-ring (bicyclic) bond motifs is 1. The van der Waals surface area contributed by atoms with Crippen molar-refractivity contribution >= 4 is 22.2 Å². The highest BCUT2D eigenvalue weighted by Crippen LogP contribution is 2.32. The number of aromatic nitrogens is 5. The van der Waals surface area contributed by atoms with E-state index in [9.17, 15) is 13.3 Å². The van der Waals surface area contributed by atoms with E-state index in [1.807, 2.05) is 12.3 Å². The van der Waals surface area contributed by atoms with Crippen LogP contribution in [0.15, 0.2) is 30.9 Å². The van der Waals surface area contributed by atoms with E-state index in [2.05, 4.69) is 20.1 Å². The Morgan fingerprint density at radius 1 is 1.12 bits per heavy atom. The summed E-state index contributed by atoms with van der Waals surface area (Å²) in [5, 5.41) is 5.02. The van der Waals surface area contributed by atoms with Crippen molar-refractivity contribution in [3.8, 4) is 22.9 Å². The second-order valence-electron chi connectivity index (χ2n) is 7.12. The number of nitrogens with zero attached hydrogens (tertiary/aromatic N) is 4. The minimum absolute atomic E-state index is 0.0559. The molecule has 11 heteroatoms. The Hall–Kier alpha value is -3.18. The lowest BCUT2D eigenvalue weighted by Gasteiger charge is -2.11. The molecular formula is C21H21F2N5O3S. The van der Waals surface area contributed by atoms with Gasteiger partial charge in [-0.2, -0.15) is 10.1 Å². The number of pyridine rings is 2. The normalized spacial score (nSPS) is 12.3. The molecule has 4 aromatic heterocycles. The van der Waals surface area contributed by atoms with Crippen molar-refractivity contribution in [1.29, 1.82) is 0 Å². The number of methoxy groups -OCH3 is 2. The molecule has 0 aliphatic rings. The number of hydrogen-bond acceptors (Lipinski definition) is 6. The molecule has 1 unspecified atom stereocenters. The molecule has 0 fully saturated rings. The van der Waals surface area contributed by atoms with Gasteiger partial charge in [-0.05, 0) is 11.6 Å². The minimum atomic E-state index is -0.907. The van der Waals surface area contributed by atoms with Crippen LogP contribution < -0.4 is 9.47 Å². The Labute approximate surface area is 185 Å². The van der Waals surface area contributed by atoms with Gasteiger partial charge in [-0.15, -0.1) is 0 Å². The highest BCUT2D eigenvalue weighted by molar-refractivity contribution is 7.90. The van der Waals surface area contributed by atoms with E-state index in [4.69, 9.17) is 9.47 Å². The molecule has 0 saturated heterocycles. The van der Waals surface area contributed by atoms with Gasteiger partial charge in [0.2, 0.25) is 0 Å². The topological polar surface area (TPSA) is 101 Å². The van der Waals surface area contributed by atoms with Crippen LogP contribution in [0.5, 0.6) is 11.8 Å². The molecule has 4 heterocycles. The van der Waals surface area contributed by atoms with E-state index in [0.29, 0.717) is 23.5 Å². The van der Waals surface area contributed by atoms with E-state index in [0.717, 1.165) is 16.5 Å². The highest BCUT2D eigenvalue weighted by atomic mass is 32.2. The summed E-state index contributed by atoms with van der Waals surface area (Å²) in [6.07, 6.45) is 8.50. The van der Waals surface area contributed by atoms with Crippen molar-refractivity contribution in [1.82, 2.24) is 24.7 Å². The van der Waals surface area contributed by atoms with Gasteiger partial charge in [0.25, 0.3) is 11.8 Å². The van der Waals surface area contributed by atoms with Crippen molar-refractivity contribution in [2.45, 2.75) is 13.0 Å². The SMILES string of the molecule is COc1nc(OC)c(F)c(Cc2c[nH]c3ncc(-c4cnn(CC[S+](C)[O-])c4)cc23)c1F. The van der Waals surface area contributed by atoms with Gasteiger partial charge in [0.05, 0.1) is 33.2 Å². The van der Waals surface area contributed by atoms with Crippen molar-refractivity contribution in [3.63, 3.8) is 0 Å². The van der Waals surface area contributed by atoms with Crippen LogP contribution >= 0.6 is 0 Å². The van der Waals surface area contributed by atoms with Crippen molar-refractivity contribution in [2.24, 2.45) is 0 Å². The summed E-state index contributed by atoms with van der Waals surface area (Å²) in [6, 6.07) is 1.89. The third kappa shape index (κ3) is 4.26. The van der Waals surface area contributed by atoms with Crippen LogP contribution in [0.2, 0.25) is 0 Å². The monoisotopic (exact) mass is 461 g/mol. The predicted octanol–water partition coefficient (Wildman–Crippen LogP) is 3.09. The quantitative estimate of drug-likeness (QED) is 0.405. The van der Waals surface area contributed by atoms with Gasteiger partial charge in [0.15, 0.2) is 11.6 Å². The fourth-order valence-corrected chi connectivity index (χ4v) is 3.82. The Balaban J connectivity index is 1.69. The largest absolute Gasteiger partial charge is 0.617 e. The van der Waals surface area contributed by atoms with Gasteiger partial charge < -0.3 is 19.0 Å². The zero-order valence-corrected chi connectivity index (χ0v) is 18.5. The molecular weight excluding hydrogens is 440 g/mol. The summed E-state index contributed by atoms with van der Waals surface area (Å²) in [6.45, 7) is 0.540. The van der Waals surface area contributed by atoms with E-state index in [1.165, 1.54) is 14.2 Å². The van der Waals surface area contributed by atoms with E-state index >= 15 is 0 Å². The number of halogens is 2. The maximum Gasteiger partial charge on any atom is 0.253 e. The lowest BCUT2D eigenvalue weighted by Crippen LogP contribution is -2.11. The number of rotatable bonds is 8. The second-order valence-corrected chi connectivity index (χ2v) is 8.67. The minimum Gasteiger partial charge on any atom is -0.617 e. The van der Waals surface area contributed by atoms with Gasteiger partial charge >= 0.3 is 0 Å². The summed E-state index contributed by atoms with van der Waals surface area (Å²) in [7, 11) is 2.51. The Morgan fingerprint density at radius 2 is 1.84 bits per heavy atom. The number of hydrogen-bond donors (Lipinski definition) is 1. The summed E-state index contributed by atoms with van der Waals surface area (Å²) >= 11 is -0.907. The molecule has 1 N–H and O–H groups in total. The summed E-state index contributed by atoms with van der Waals surface area (Å²) in [5.74, 6) is -1.91. The van der Waals surface area contributed by atoms with E-state index < -0.39 is 22.8 Å². The first-order chi connectivity index (χ1) is 15.4. The highest BCUT2D eigenvalue weighted by Gasteiger charge is 2.23. The summed E-state index contributed by atoms with van der Waals surface area (Å²) in [5.41, 5.74) is 2.66. The maximum absolute atomic E-state index is 14.8. The molecule has 32 heavy (non-hydrogen) atoms. The first kappa shape index (κ1) is 22.0. The molecule has 1 atom stereocenters. The first-order valence-corrected chi connectivity index (χ1v) is 11.4. The zero-order valence-electron chi connectivity index (χ0n) is 17.7. The van der Waals surface area contributed by atoms with Crippen LogP contribution in [-0.2, 0) is 24.1 Å². The van der Waals surface area contributed by atoms with Gasteiger partial charge in [0.1, 0.15) is 11.4 Å². The van der Waals surface area contributed by atoms with Gasteiger partial charge in [-0.3, -0.25) is 4.68 Å². The standard InChI is InChI=1S/C21H21F2N5O3S/c1-30-20-17(22)16(18(23)21(27-20)31-2)7-13-9-25-19-15(13)6-12(8-24-19)14-10-26-28(11-14)4-5-32(3)29/h6,8-11H,4-5,7H2,1-3H3,(H,24,25). The van der Waals surface area contributed by atoms with Gasteiger partial charge in [-0.1, -0.05) is 11.2 Å². The molecule has 0 amide bonds. The molecule has 168 valence electrons. The third-order valence-corrected chi connectivity index (χ3v) is 5.81. The van der Waals surface area contributed by atoms with Crippen LogP contribution in [0, 0.1) is 11.6 Å². The predicted molar refractivity (Wildman–Crippen MR) is 116 cm³/mol. The molecule has 4 aromatic rings. The van der Waals surface area contributed by atoms with Crippen LogP contribution in [0.4, 0.5) is 8.78 Å². The summed E-state index contributed by atoms with van der Waals surface area (Å²) < 4.78 is 52.4. The van der Waals surface area contributed by atoms with Crippen LogP contribution in [0.25, 0.3) is 22.2 Å². The molecule has 0 saturated carbocycles. The van der Waals surface area contributed by atoms with Crippen molar-refractivity contribution < 1.29 is 22.8 Å². The average Bonchev–Trinajstić information content (AvgIpc) is 3.42. The second kappa shape index (κ2) is 9.13. The van der Waals surface area contributed by atoms with Crippen molar-refractivity contribution in [2.75, 3.05) is 26.2 Å². The number of aromatic amines is 1. The Morgan fingerprint density at radius 3 is 2.50 bits per heavy atom. The maximum atomic E-state index is 14.8. The molecule has 8 nitrogen and oxygen atoms in total. The fourth-order valence-electron chi connectivity index (χ4n) is 3.38. The molecule has 0 bridgehead atoms. The molecule has 4 rings (SSSR count). The Kier molecular flexibility index (Phi) is 6.28. The first-order valence-electron chi connectivity index (χ1n) is 9.66. The lowest BCUT2D eigenvalue weighted by atomic mass is 10.0. The van der Waals surface area contributed by atoms with Gasteiger partial charge in [-0.25, -0.2) is 13.8 Å². The average molecular weight is 461 g/mol. The molecule has 0 spiro atoms. The van der Waals surface area contributed by atoms with E-state index in [-0.39, 0.29) is 23.7 Å². The molecule has 0 aromatic carbocycles. The van der Waals surface area contributed by atoms with Gasteiger partial charge in [0, 0.05) is 47.1 Å². The third-order valence-electron chi connectivity index (χ3n) is 5.05. The number of nitrogens with one attached hydrogen (secondary N) is 1. The lowest BCUT2D eigenvalue weighted by molar-refractivity contribution is 0.325. The molecule has 0 radical (unpaired) electrons. The molecule has 0 aliphatic carbocycles. The zero-order chi connectivity index (χ0) is 22.8. The number of ether oxygens (including phenoxy) is 2. The fraction of sp³-hybridized carbons (Fsp3) is 0.286. The molecule has 0 aliphatic heterocycles. The number of H-pyrrole nitrogens is 1. The number of aryl methyl sites for hydroxylation is 1. The Bertz CT molecular complexity index is 1230.